The van der Waals surface area contributed by atoms with Crippen LogP contribution in [0.15, 0.2) is 107 Å². The Balaban J connectivity index is 0.000000257. The van der Waals surface area contributed by atoms with Crippen LogP contribution in [0.4, 0.5) is 4.39 Å². The molecule has 0 radical (unpaired) electrons. The summed E-state index contributed by atoms with van der Waals surface area (Å²) < 4.78 is 13.0. The van der Waals surface area contributed by atoms with Crippen molar-refractivity contribution in [3.63, 3.8) is 0 Å². The molecule has 0 aliphatic carbocycles. The lowest BCUT2D eigenvalue weighted by molar-refractivity contribution is 0.626. The van der Waals surface area contributed by atoms with Gasteiger partial charge in [0.1, 0.15) is 5.82 Å². The Morgan fingerprint density at radius 3 is 2.07 bits per heavy atom. The molecule has 0 aliphatic rings. The van der Waals surface area contributed by atoms with E-state index in [1.165, 1.54) is 22.9 Å². The van der Waals surface area contributed by atoms with Gasteiger partial charge in [0.2, 0.25) is 0 Å². The van der Waals surface area contributed by atoms with E-state index in [1.807, 2.05) is 24.3 Å². The van der Waals surface area contributed by atoms with Crippen LogP contribution >= 0.6 is 11.8 Å². The van der Waals surface area contributed by atoms with E-state index in [0.717, 1.165) is 20.8 Å². The minimum atomic E-state index is -0.202. The maximum Gasteiger partial charge on any atom is 0.123 e. The summed E-state index contributed by atoms with van der Waals surface area (Å²) in [5.41, 5.74) is 2.29. The van der Waals surface area contributed by atoms with Gasteiger partial charge in [-0.2, -0.15) is 0 Å². The number of rotatable bonds is 2. The summed E-state index contributed by atoms with van der Waals surface area (Å²) in [4.78, 5) is 9.39. The molecule has 2 aromatic heterocycles. The SMILES string of the molecule is Fc1ccc(Sc2ccc3[nH]c4ccccc4c3c2)cc1.c1ccncc1. The van der Waals surface area contributed by atoms with E-state index in [-0.39, 0.29) is 5.82 Å². The molecule has 0 saturated heterocycles. The van der Waals surface area contributed by atoms with Gasteiger partial charge in [-0.1, -0.05) is 36.0 Å². The van der Waals surface area contributed by atoms with Crippen molar-refractivity contribution in [2.24, 2.45) is 0 Å². The fourth-order valence-electron chi connectivity index (χ4n) is 2.84. The van der Waals surface area contributed by atoms with Gasteiger partial charge in [-0.3, -0.25) is 4.98 Å². The second kappa shape index (κ2) is 8.06. The van der Waals surface area contributed by atoms with E-state index in [2.05, 4.69) is 46.4 Å². The quantitative estimate of drug-likeness (QED) is 0.374. The summed E-state index contributed by atoms with van der Waals surface area (Å²) >= 11 is 1.64. The Morgan fingerprint density at radius 2 is 1.37 bits per heavy atom. The summed E-state index contributed by atoms with van der Waals surface area (Å²) in [6.07, 6.45) is 3.50. The minimum Gasteiger partial charge on any atom is -0.355 e. The number of benzene rings is 3. The number of nitrogens with one attached hydrogen (secondary N) is 1. The number of nitrogens with zero attached hydrogens (tertiary/aromatic N) is 1. The Labute approximate surface area is 161 Å². The third-order valence-electron chi connectivity index (χ3n) is 4.09. The Morgan fingerprint density at radius 1 is 0.667 bits per heavy atom. The summed E-state index contributed by atoms with van der Waals surface area (Å²) in [6, 6.07) is 27.0. The highest BCUT2D eigenvalue weighted by molar-refractivity contribution is 7.99. The van der Waals surface area contributed by atoms with Gasteiger partial charge in [-0.15, -0.1) is 0 Å². The summed E-state index contributed by atoms with van der Waals surface area (Å²) in [6.45, 7) is 0. The molecule has 1 N–H and O–H groups in total. The van der Waals surface area contributed by atoms with Crippen molar-refractivity contribution in [3.8, 4) is 0 Å². The van der Waals surface area contributed by atoms with Crippen molar-refractivity contribution in [3.05, 3.63) is 103 Å². The van der Waals surface area contributed by atoms with Crippen molar-refractivity contribution in [1.82, 2.24) is 9.97 Å². The number of fused-ring (bicyclic) bond motifs is 3. The molecule has 0 aliphatic heterocycles. The largest absolute Gasteiger partial charge is 0.355 e. The number of hydrogen-bond donors (Lipinski definition) is 1. The predicted molar refractivity (Wildman–Crippen MR) is 111 cm³/mol. The molecule has 27 heavy (non-hydrogen) atoms. The zero-order chi connectivity index (χ0) is 18.5. The minimum absolute atomic E-state index is 0.202. The second-order valence-electron chi connectivity index (χ2n) is 5.96. The lowest BCUT2D eigenvalue weighted by Crippen LogP contribution is -1.76. The number of hydrogen-bond acceptors (Lipinski definition) is 2. The van der Waals surface area contributed by atoms with Crippen LogP contribution in [0, 0.1) is 5.82 Å². The number of H-pyrrole nitrogens is 1. The van der Waals surface area contributed by atoms with Crippen LogP contribution in [0.25, 0.3) is 21.8 Å². The highest BCUT2D eigenvalue weighted by atomic mass is 32.2. The Bertz CT molecular complexity index is 1120. The third kappa shape index (κ3) is 4.18. The van der Waals surface area contributed by atoms with Gasteiger partial charge in [0.15, 0.2) is 0 Å². The average Bonchev–Trinajstić information content (AvgIpc) is 3.10. The number of para-hydroxylation sites is 1. The van der Waals surface area contributed by atoms with E-state index in [1.54, 1.807) is 36.3 Å². The van der Waals surface area contributed by atoms with Gasteiger partial charge < -0.3 is 4.98 Å². The number of halogens is 1. The van der Waals surface area contributed by atoms with E-state index in [9.17, 15) is 4.39 Å². The van der Waals surface area contributed by atoms with Crippen LogP contribution in [-0.4, -0.2) is 9.97 Å². The zero-order valence-corrected chi connectivity index (χ0v) is 15.3. The standard InChI is InChI=1S/C18H12FNS.C5H5N/c19-12-5-7-13(8-6-12)21-14-9-10-18-16(11-14)15-3-1-2-4-17(15)20-18;1-2-4-6-5-3-1/h1-11,20H;1-5H. The van der Waals surface area contributed by atoms with Crippen molar-refractivity contribution in [1.29, 1.82) is 0 Å². The average molecular weight is 372 g/mol. The van der Waals surface area contributed by atoms with Crippen molar-refractivity contribution >= 4 is 33.6 Å². The second-order valence-corrected chi connectivity index (χ2v) is 7.11. The monoisotopic (exact) mass is 372 g/mol. The lowest BCUT2D eigenvalue weighted by atomic mass is 10.1. The first kappa shape index (κ1) is 17.3. The van der Waals surface area contributed by atoms with E-state index < -0.39 is 0 Å². The van der Waals surface area contributed by atoms with E-state index in [4.69, 9.17) is 0 Å². The molecule has 0 spiro atoms. The molecule has 0 saturated carbocycles. The lowest BCUT2D eigenvalue weighted by Gasteiger charge is -2.02. The van der Waals surface area contributed by atoms with Crippen LogP contribution in [0.3, 0.4) is 0 Å². The molecule has 5 rings (SSSR count). The molecule has 3 aromatic carbocycles. The number of pyridine rings is 1. The zero-order valence-electron chi connectivity index (χ0n) is 14.5. The summed E-state index contributed by atoms with van der Waals surface area (Å²) in [5, 5.41) is 2.45. The van der Waals surface area contributed by atoms with Crippen molar-refractivity contribution in [2.75, 3.05) is 0 Å². The fraction of sp³-hybridized carbons (Fsp3) is 0. The first-order chi connectivity index (χ1) is 13.3. The maximum atomic E-state index is 13.0. The predicted octanol–water partition coefficient (Wildman–Crippen LogP) is 6.69. The van der Waals surface area contributed by atoms with Gasteiger partial charge in [0, 0.05) is 44.0 Å². The molecule has 0 bridgehead atoms. The van der Waals surface area contributed by atoms with Gasteiger partial charge in [0.25, 0.3) is 0 Å². The molecular weight excluding hydrogens is 355 g/mol. The van der Waals surface area contributed by atoms with E-state index >= 15 is 0 Å². The molecule has 5 aromatic rings. The smallest absolute Gasteiger partial charge is 0.123 e. The molecule has 0 atom stereocenters. The van der Waals surface area contributed by atoms with Crippen LogP contribution in [0.5, 0.6) is 0 Å². The summed E-state index contributed by atoms with van der Waals surface area (Å²) in [5.74, 6) is -0.202. The van der Waals surface area contributed by atoms with Crippen LogP contribution < -0.4 is 0 Å². The Hall–Kier alpha value is -3.11. The summed E-state index contributed by atoms with van der Waals surface area (Å²) in [7, 11) is 0. The van der Waals surface area contributed by atoms with Gasteiger partial charge in [-0.25, -0.2) is 4.39 Å². The fourth-order valence-corrected chi connectivity index (χ4v) is 3.70. The highest BCUT2D eigenvalue weighted by Gasteiger charge is 2.05. The highest BCUT2D eigenvalue weighted by Crippen LogP contribution is 2.33. The molecule has 2 nitrogen and oxygen atoms in total. The van der Waals surface area contributed by atoms with E-state index in [0.29, 0.717) is 0 Å². The topological polar surface area (TPSA) is 28.7 Å². The Kier molecular flexibility index (Phi) is 5.17. The molecule has 4 heteroatoms. The van der Waals surface area contributed by atoms with Gasteiger partial charge in [0.05, 0.1) is 0 Å². The van der Waals surface area contributed by atoms with Crippen molar-refractivity contribution < 1.29 is 4.39 Å². The molecule has 132 valence electrons. The first-order valence-corrected chi connectivity index (χ1v) is 9.40. The number of aromatic nitrogens is 2. The number of aromatic amines is 1. The van der Waals surface area contributed by atoms with Crippen LogP contribution in [-0.2, 0) is 0 Å². The van der Waals surface area contributed by atoms with Gasteiger partial charge in [-0.05, 0) is 60.7 Å². The van der Waals surface area contributed by atoms with Gasteiger partial charge >= 0.3 is 0 Å². The van der Waals surface area contributed by atoms with Crippen LogP contribution in [0.2, 0.25) is 0 Å². The van der Waals surface area contributed by atoms with Crippen LogP contribution in [0.1, 0.15) is 0 Å². The molecule has 0 amide bonds. The first-order valence-electron chi connectivity index (χ1n) is 8.58. The molecule has 2 heterocycles. The van der Waals surface area contributed by atoms with Crippen molar-refractivity contribution in [2.45, 2.75) is 9.79 Å². The molecular formula is C23H17FN2S. The normalized spacial score (nSPS) is 10.6. The maximum absolute atomic E-state index is 13.0. The third-order valence-corrected chi connectivity index (χ3v) is 5.09. The molecule has 0 unspecified atom stereocenters. The molecule has 0 fully saturated rings.